The zero-order valence-corrected chi connectivity index (χ0v) is 8.96. The molecule has 0 aromatic carbocycles. The molecule has 0 aliphatic carbocycles. The van der Waals surface area contributed by atoms with Crippen molar-refractivity contribution in [2.45, 2.75) is 6.18 Å². The topological polar surface area (TPSA) is 74.4 Å². The molecule has 0 bridgehead atoms. The smallest absolute Gasteiger partial charge is 0.437 e. The molecule has 1 amide bonds. The molecule has 0 atom stereocenters. The summed E-state index contributed by atoms with van der Waals surface area (Å²) >= 11 is 0. The maximum absolute atomic E-state index is 12.6. The van der Waals surface area contributed by atoms with E-state index in [1.165, 1.54) is 0 Å². The predicted molar refractivity (Wildman–Crippen MR) is 50.9 cm³/mol. The molecule has 5 nitrogen and oxygen atoms in total. The summed E-state index contributed by atoms with van der Waals surface area (Å²) in [6.07, 6.45) is -4.71. The van der Waals surface area contributed by atoms with Crippen LogP contribution in [0.1, 0.15) is 16.1 Å². The molecule has 2 N–H and O–H groups in total. The third kappa shape index (κ3) is 2.58. The monoisotopic (exact) mass is 250 g/mol. The van der Waals surface area contributed by atoms with Crippen LogP contribution in [0.2, 0.25) is 0 Å². The maximum atomic E-state index is 12.6. The van der Waals surface area contributed by atoms with Crippen molar-refractivity contribution in [2.75, 3.05) is 14.2 Å². The minimum Gasteiger partial charge on any atom is -0.494 e. The summed E-state index contributed by atoms with van der Waals surface area (Å²) in [5.41, 5.74) is 3.42. The highest BCUT2D eigenvalue weighted by Crippen LogP contribution is 2.37. The Bertz CT molecular complexity index is 446. The third-order valence-corrected chi connectivity index (χ3v) is 1.90. The van der Waals surface area contributed by atoms with Gasteiger partial charge in [0.1, 0.15) is 5.56 Å². The lowest BCUT2D eigenvalue weighted by Gasteiger charge is -2.13. The van der Waals surface area contributed by atoms with Gasteiger partial charge in [-0.2, -0.15) is 13.2 Å². The molecule has 8 heteroatoms. The summed E-state index contributed by atoms with van der Waals surface area (Å²) in [5, 5.41) is 0. The van der Waals surface area contributed by atoms with Gasteiger partial charge in [0.15, 0.2) is 11.4 Å². The van der Waals surface area contributed by atoms with Crippen molar-refractivity contribution in [2.24, 2.45) is 5.73 Å². The molecule has 0 radical (unpaired) electrons. The van der Waals surface area contributed by atoms with E-state index < -0.39 is 29.4 Å². The molecule has 1 heterocycles. The highest BCUT2D eigenvalue weighted by molar-refractivity contribution is 5.95. The Hall–Kier alpha value is -1.99. The molecular weight excluding hydrogens is 241 g/mol. The van der Waals surface area contributed by atoms with Crippen molar-refractivity contribution in [3.8, 4) is 11.6 Å². The molecule has 94 valence electrons. The summed E-state index contributed by atoms with van der Waals surface area (Å²) in [5.74, 6) is -2.04. The number of amides is 1. The Morgan fingerprint density at radius 3 is 2.29 bits per heavy atom. The molecule has 0 fully saturated rings. The molecule has 0 saturated carbocycles. The van der Waals surface area contributed by atoms with Crippen LogP contribution in [0.15, 0.2) is 6.07 Å². The summed E-state index contributed by atoms with van der Waals surface area (Å²) in [6, 6.07) is 0.844. The molecule has 1 aromatic heterocycles. The lowest BCUT2D eigenvalue weighted by Crippen LogP contribution is -2.17. The van der Waals surface area contributed by atoms with E-state index in [2.05, 4.69) is 14.5 Å². The average Bonchev–Trinajstić information content (AvgIpc) is 2.25. The van der Waals surface area contributed by atoms with Crippen molar-refractivity contribution >= 4 is 5.91 Å². The first-order valence-corrected chi connectivity index (χ1v) is 4.31. The number of alkyl halides is 3. The van der Waals surface area contributed by atoms with Crippen LogP contribution in [-0.4, -0.2) is 25.1 Å². The minimum atomic E-state index is -4.71. The lowest BCUT2D eigenvalue weighted by atomic mass is 10.2. The number of pyridine rings is 1. The summed E-state index contributed by atoms with van der Waals surface area (Å²) < 4.78 is 46.8. The van der Waals surface area contributed by atoms with Crippen LogP contribution in [0.4, 0.5) is 13.2 Å². The zero-order chi connectivity index (χ0) is 13.2. The van der Waals surface area contributed by atoms with Gasteiger partial charge >= 0.3 is 6.18 Å². The van der Waals surface area contributed by atoms with Gasteiger partial charge in [-0.1, -0.05) is 0 Å². The zero-order valence-electron chi connectivity index (χ0n) is 8.96. The Balaban J connectivity index is 3.49. The number of nitrogens with two attached hydrogens (primary N) is 1. The van der Waals surface area contributed by atoms with E-state index in [9.17, 15) is 18.0 Å². The van der Waals surface area contributed by atoms with E-state index in [1.54, 1.807) is 0 Å². The largest absolute Gasteiger partial charge is 0.494 e. The van der Waals surface area contributed by atoms with Gasteiger partial charge in [-0.25, -0.2) is 4.98 Å². The van der Waals surface area contributed by atoms with Crippen LogP contribution in [0.5, 0.6) is 11.6 Å². The van der Waals surface area contributed by atoms with Crippen LogP contribution in [0.3, 0.4) is 0 Å². The molecule has 0 aliphatic rings. The number of hydrogen-bond donors (Lipinski definition) is 1. The van der Waals surface area contributed by atoms with E-state index >= 15 is 0 Å². The van der Waals surface area contributed by atoms with Gasteiger partial charge in [-0.15, -0.1) is 0 Å². The number of primary amides is 1. The third-order valence-electron chi connectivity index (χ3n) is 1.90. The molecule has 0 spiro atoms. The van der Waals surface area contributed by atoms with Gasteiger partial charge in [-0.3, -0.25) is 4.79 Å². The molecule has 1 rings (SSSR count). The first-order chi connectivity index (χ1) is 7.81. The van der Waals surface area contributed by atoms with Gasteiger partial charge in [0.05, 0.1) is 14.2 Å². The number of carbonyl (C=O) groups excluding carboxylic acids is 1. The second-order valence-electron chi connectivity index (χ2n) is 2.96. The van der Waals surface area contributed by atoms with Crippen LogP contribution in [-0.2, 0) is 6.18 Å². The summed E-state index contributed by atoms with van der Waals surface area (Å²) in [7, 11) is 2.12. The average molecular weight is 250 g/mol. The van der Waals surface area contributed by atoms with E-state index in [1.807, 2.05) is 0 Å². The minimum absolute atomic E-state index is 0.280. The van der Waals surface area contributed by atoms with E-state index in [0.29, 0.717) is 0 Å². The molecule has 0 saturated heterocycles. The number of hydrogen-bond acceptors (Lipinski definition) is 4. The first-order valence-electron chi connectivity index (χ1n) is 4.31. The summed E-state index contributed by atoms with van der Waals surface area (Å²) in [4.78, 5) is 14.2. The molecule has 17 heavy (non-hydrogen) atoms. The highest BCUT2D eigenvalue weighted by Gasteiger charge is 2.38. The predicted octanol–water partition coefficient (Wildman–Crippen LogP) is 1.22. The van der Waals surface area contributed by atoms with E-state index in [0.717, 1.165) is 20.3 Å². The SMILES string of the molecule is COc1cc(C(N)=O)c(OC)nc1C(F)(F)F. The Kier molecular flexibility index (Phi) is 3.45. The fourth-order valence-electron chi connectivity index (χ4n) is 1.17. The number of halogens is 3. The van der Waals surface area contributed by atoms with Gasteiger partial charge in [0.25, 0.3) is 5.91 Å². The van der Waals surface area contributed by atoms with Crippen molar-refractivity contribution in [3.05, 3.63) is 17.3 Å². The highest BCUT2D eigenvalue weighted by atomic mass is 19.4. The fourth-order valence-corrected chi connectivity index (χ4v) is 1.17. The Morgan fingerprint density at radius 2 is 1.94 bits per heavy atom. The molecule has 1 aromatic rings. The molecule has 0 aliphatic heterocycles. The van der Waals surface area contributed by atoms with Gasteiger partial charge in [-0.05, 0) is 0 Å². The quantitative estimate of drug-likeness (QED) is 0.875. The number of aromatic nitrogens is 1. The molecular formula is C9H9F3N2O3. The lowest BCUT2D eigenvalue weighted by molar-refractivity contribution is -0.142. The second-order valence-corrected chi connectivity index (χ2v) is 2.96. The first kappa shape index (κ1) is 13.1. The van der Waals surface area contributed by atoms with Crippen molar-refractivity contribution in [3.63, 3.8) is 0 Å². The van der Waals surface area contributed by atoms with Gasteiger partial charge in [0.2, 0.25) is 5.88 Å². The Labute approximate surface area is 94.3 Å². The van der Waals surface area contributed by atoms with Crippen LogP contribution >= 0.6 is 0 Å². The Morgan fingerprint density at radius 1 is 1.35 bits per heavy atom. The maximum Gasteiger partial charge on any atom is 0.437 e. The van der Waals surface area contributed by atoms with Gasteiger partial charge in [0, 0.05) is 6.07 Å². The van der Waals surface area contributed by atoms with E-state index in [-0.39, 0.29) is 5.56 Å². The van der Waals surface area contributed by atoms with Crippen molar-refractivity contribution in [1.29, 1.82) is 0 Å². The van der Waals surface area contributed by atoms with Crippen LogP contribution < -0.4 is 15.2 Å². The molecule has 0 unspecified atom stereocenters. The van der Waals surface area contributed by atoms with Crippen molar-refractivity contribution < 1.29 is 27.4 Å². The normalized spacial score (nSPS) is 11.1. The second kappa shape index (κ2) is 4.48. The van der Waals surface area contributed by atoms with Crippen LogP contribution in [0, 0.1) is 0 Å². The fraction of sp³-hybridized carbons (Fsp3) is 0.333. The van der Waals surface area contributed by atoms with Crippen molar-refractivity contribution in [1.82, 2.24) is 4.98 Å². The summed E-state index contributed by atoms with van der Waals surface area (Å²) in [6.45, 7) is 0. The van der Waals surface area contributed by atoms with Crippen LogP contribution in [0.25, 0.3) is 0 Å². The van der Waals surface area contributed by atoms with Gasteiger partial charge < -0.3 is 15.2 Å². The number of rotatable bonds is 3. The standard InChI is InChI=1S/C9H9F3N2O3/c1-16-5-3-4(7(13)15)8(17-2)14-6(5)9(10,11)12/h3H,1-2H3,(H2,13,15). The number of nitrogens with zero attached hydrogens (tertiary/aromatic N) is 1. The van der Waals surface area contributed by atoms with E-state index in [4.69, 9.17) is 5.73 Å². The number of methoxy groups -OCH3 is 2. The number of ether oxygens (including phenoxy) is 2. The number of carbonyl (C=O) groups is 1.